The van der Waals surface area contributed by atoms with Crippen LogP contribution in [0.25, 0.3) is 0 Å². The molecule has 0 fully saturated rings. The van der Waals surface area contributed by atoms with Crippen LogP contribution in [0.2, 0.25) is 18.1 Å². The Morgan fingerprint density at radius 1 is 1.17 bits per heavy atom. The second-order valence-corrected chi connectivity index (χ2v) is 13.0. The first-order valence-electron chi connectivity index (χ1n) is 8.07. The molecule has 0 bridgehead atoms. The summed E-state index contributed by atoms with van der Waals surface area (Å²) < 4.78 is 6.52. The molecule has 0 unspecified atom stereocenters. The Morgan fingerprint density at radius 3 is 2.17 bits per heavy atom. The Kier molecular flexibility index (Phi) is 11.2. The number of benzene rings is 1. The molecule has 0 radical (unpaired) electrons. The van der Waals surface area contributed by atoms with E-state index in [1.54, 1.807) is 0 Å². The SMILES string of the molecule is CC(C)C(C)(C)[Si](C)(C)OCC(C)(C)Cc1c[c-]ccc1.[Br-].[Mg+2]. The number of hydrogen-bond acceptors (Lipinski definition) is 1. The molecule has 0 aliphatic rings. The summed E-state index contributed by atoms with van der Waals surface area (Å²) in [6.45, 7) is 19.5. The van der Waals surface area contributed by atoms with Crippen LogP contribution in [-0.4, -0.2) is 38.0 Å². The number of hydrogen-bond donors (Lipinski definition) is 0. The summed E-state index contributed by atoms with van der Waals surface area (Å²) in [7, 11) is -1.73. The Balaban J connectivity index is 0. The van der Waals surface area contributed by atoms with Crippen molar-refractivity contribution in [3.05, 3.63) is 35.9 Å². The first kappa shape index (κ1) is 25.9. The van der Waals surface area contributed by atoms with Gasteiger partial charge in [0.25, 0.3) is 0 Å². The minimum atomic E-state index is -1.73. The standard InChI is InChI=1S/C19H33OSi.BrH.Mg/c1-16(2)19(5,6)21(7,8)20-15-18(3,4)14-17-12-10-9-11-13-17;;/h9-10,12-13,16H,14-15H2,1-8H3;1H;/q-1;;+2/p-1. The van der Waals surface area contributed by atoms with Crippen LogP contribution in [0.5, 0.6) is 0 Å². The van der Waals surface area contributed by atoms with Crippen molar-refractivity contribution in [1.82, 2.24) is 0 Å². The van der Waals surface area contributed by atoms with Gasteiger partial charge in [-0.2, -0.15) is 35.9 Å². The fourth-order valence-corrected chi connectivity index (χ4v) is 4.92. The van der Waals surface area contributed by atoms with E-state index in [1.165, 1.54) is 5.56 Å². The number of halogens is 1. The molecule has 0 spiro atoms. The maximum atomic E-state index is 6.52. The molecule has 1 aromatic carbocycles. The van der Waals surface area contributed by atoms with Gasteiger partial charge >= 0.3 is 23.1 Å². The van der Waals surface area contributed by atoms with Crippen molar-refractivity contribution in [2.75, 3.05) is 6.61 Å². The smallest absolute Gasteiger partial charge is 1.00 e. The Bertz CT molecular complexity index is 444. The van der Waals surface area contributed by atoms with Gasteiger partial charge in [-0.3, -0.25) is 0 Å². The topological polar surface area (TPSA) is 9.23 Å². The van der Waals surface area contributed by atoms with E-state index < -0.39 is 8.32 Å². The molecular weight excluding hydrogens is 377 g/mol. The molecule has 1 aromatic rings. The summed E-state index contributed by atoms with van der Waals surface area (Å²) in [5.74, 6) is 0.644. The summed E-state index contributed by atoms with van der Waals surface area (Å²) in [6.07, 6.45) is 1.04. The molecule has 0 atom stereocenters. The van der Waals surface area contributed by atoms with Gasteiger partial charge in [0.15, 0.2) is 8.32 Å². The van der Waals surface area contributed by atoms with E-state index in [2.05, 4.69) is 78.9 Å². The minimum absolute atomic E-state index is 0. The van der Waals surface area contributed by atoms with Gasteiger partial charge in [0.1, 0.15) is 0 Å². The molecule has 0 aliphatic carbocycles. The summed E-state index contributed by atoms with van der Waals surface area (Å²) in [6, 6.07) is 11.4. The van der Waals surface area contributed by atoms with Crippen molar-refractivity contribution in [1.29, 1.82) is 0 Å². The first-order chi connectivity index (χ1) is 9.48. The van der Waals surface area contributed by atoms with E-state index in [1.807, 2.05) is 6.07 Å². The molecule has 0 saturated heterocycles. The monoisotopic (exact) mass is 408 g/mol. The first-order valence-corrected chi connectivity index (χ1v) is 11.0. The van der Waals surface area contributed by atoms with E-state index in [4.69, 9.17) is 4.43 Å². The van der Waals surface area contributed by atoms with Crippen molar-refractivity contribution in [2.24, 2.45) is 11.3 Å². The molecule has 1 rings (SSSR count). The fourth-order valence-electron chi connectivity index (χ4n) is 2.40. The molecule has 0 aliphatic heterocycles. The summed E-state index contributed by atoms with van der Waals surface area (Å²) >= 11 is 0. The normalized spacial score (nSPS) is 12.6. The van der Waals surface area contributed by atoms with Crippen LogP contribution in [0, 0.1) is 17.4 Å². The molecule has 0 heterocycles. The van der Waals surface area contributed by atoms with E-state index in [0.29, 0.717) is 5.92 Å². The van der Waals surface area contributed by atoms with Gasteiger partial charge in [0.05, 0.1) is 0 Å². The van der Waals surface area contributed by atoms with Gasteiger partial charge in [-0.15, -0.1) is 0 Å². The van der Waals surface area contributed by atoms with E-state index >= 15 is 0 Å². The molecule has 0 saturated carbocycles. The number of rotatable bonds is 7. The molecule has 4 heteroatoms. The zero-order valence-electron chi connectivity index (χ0n) is 16.3. The summed E-state index contributed by atoms with van der Waals surface area (Å²) in [5, 5.41) is 0.281. The fraction of sp³-hybridized carbons (Fsp3) is 0.684. The third-order valence-electron chi connectivity index (χ3n) is 5.27. The van der Waals surface area contributed by atoms with Crippen LogP contribution < -0.4 is 17.0 Å². The Hall–Kier alpha value is 0.643. The van der Waals surface area contributed by atoms with Crippen molar-refractivity contribution < 1.29 is 21.4 Å². The van der Waals surface area contributed by atoms with Crippen molar-refractivity contribution in [2.45, 2.75) is 66.1 Å². The average molecular weight is 410 g/mol. The average Bonchev–Trinajstić information content (AvgIpc) is 2.37. The van der Waals surface area contributed by atoms with Crippen LogP contribution in [-0.2, 0) is 10.8 Å². The van der Waals surface area contributed by atoms with Crippen molar-refractivity contribution in [3.8, 4) is 0 Å². The second kappa shape index (κ2) is 9.95. The maximum Gasteiger partial charge on any atom is 2.00 e. The maximum absolute atomic E-state index is 6.52. The Morgan fingerprint density at radius 2 is 1.74 bits per heavy atom. The van der Waals surface area contributed by atoms with Crippen LogP contribution in [0.1, 0.15) is 47.1 Å². The predicted molar refractivity (Wildman–Crippen MR) is 101 cm³/mol. The molecule has 1 nitrogen and oxygen atoms in total. The largest absolute Gasteiger partial charge is 2.00 e. The zero-order chi connectivity index (χ0) is 16.3. The molecule has 23 heavy (non-hydrogen) atoms. The Labute approximate surface area is 172 Å². The molecule has 0 aromatic heterocycles. The van der Waals surface area contributed by atoms with Crippen LogP contribution in [0.4, 0.5) is 0 Å². The summed E-state index contributed by atoms with van der Waals surface area (Å²) in [5.41, 5.74) is 1.50. The van der Waals surface area contributed by atoms with Crippen molar-refractivity contribution >= 4 is 31.4 Å². The van der Waals surface area contributed by atoms with Gasteiger partial charge in [-0.25, -0.2) is 0 Å². The van der Waals surface area contributed by atoms with Crippen LogP contribution in [0.15, 0.2) is 24.3 Å². The summed E-state index contributed by atoms with van der Waals surface area (Å²) in [4.78, 5) is 0. The van der Waals surface area contributed by atoms with Gasteiger partial charge in [-0.05, 0) is 29.5 Å². The predicted octanol–water partition coefficient (Wildman–Crippen LogP) is 2.34. The molecule has 0 amide bonds. The van der Waals surface area contributed by atoms with Gasteiger partial charge in [-0.1, -0.05) is 48.0 Å². The third-order valence-corrected chi connectivity index (χ3v) is 9.82. The second-order valence-electron chi connectivity index (χ2n) is 8.43. The van der Waals surface area contributed by atoms with Crippen molar-refractivity contribution in [3.63, 3.8) is 0 Å². The van der Waals surface area contributed by atoms with E-state index in [-0.39, 0.29) is 50.5 Å². The minimum Gasteiger partial charge on any atom is -1.00 e. The third kappa shape index (κ3) is 7.60. The molecular formula is C19H33BrMgOSi. The molecule has 128 valence electrons. The van der Waals surface area contributed by atoms with Gasteiger partial charge < -0.3 is 21.4 Å². The van der Waals surface area contributed by atoms with Gasteiger partial charge in [0, 0.05) is 6.61 Å². The van der Waals surface area contributed by atoms with Gasteiger partial charge in [0.2, 0.25) is 0 Å². The van der Waals surface area contributed by atoms with E-state index in [9.17, 15) is 0 Å². The molecule has 0 N–H and O–H groups in total. The van der Waals surface area contributed by atoms with E-state index in [0.717, 1.165) is 13.0 Å². The van der Waals surface area contributed by atoms with Crippen LogP contribution in [0.3, 0.4) is 0 Å². The quantitative estimate of drug-likeness (QED) is 0.496. The van der Waals surface area contributed by atoms with Crippen LogP contribution >= 0.6 is 0 Å². The zero-order valence-corrected chi connectivity index (χ0v) is 20.3.